The number of phenolic OH excluding ortho intramolecular Hbond substituents is 1. The summed E-state index contributed by atoms with van der Waals surface area (Å²) in [5.74, 6) is 0.418. The van der Waals surface area contributed by atoms with Gasteiger partial charge in [0.25, 0.3) is 5.91 Å². The largest absolute Gasteiger partial charge is 0.504 e. The fourth-order valence-electron chi connectivity index (χ4n) is 3.17. The number of benzene rings is 2. The molecule has 0 aromatic heterocycles. The van der Waals surface area contributed by atoms with Crippen molar-refractivity contribution in [3.05, 3.63) is 47.0 Å². The van der Waals surface area contributed by atoms with Gasteiger partial charge >= 0.3 is 0 Å². The van der Waals surface area contributed by atoms with Gasteiger partial charge < -0.3 is 19.5 Å². The van der Waals surface area contributed by atoms with Gasteiger partial charge in [0.05, 0.1) is 6.54 Å². The monoisotopic (exact) mass is 375 g/mol. The summed E-state index contributed by atoms with van der Waals surface area (Å²) in [5.41, 5.74) is 2.47. The first-order chi connectivity index (χ1) is 12.5. The van der Waals surface area contributed by atoms with Crippen LogP contribution >= 0.6 is 11.6 Å². The third kappa shape index (κ3) is 3.79. The van der Waals surface area contributed by atoms with E-state index in [-0.39, 0.29) is 11.7 Å². The molecule has 0 saturated carbocycles. The third-order valence-corrected chi connectivity index (χ3v) is 4.75. The SMILES string of the molecule is CC[C@H](OC)C(=O)N1CCOc2c(O)cc(-c3cccc(Cl)c3)cc2C1. The van der Waals surface area contributed by atoms with E-state index in [2.05, 4.69) is 0 Å². The number of fused-ring (bicyclic) bond motifs is 1. The van der Waals surface area contributed by atoms with E-state index in [9.17, 15) is 9.90 Å². The van der Waals surface area contributed by atoms with Crippen LogP contribution in [0.2, 0.25) is 5.02 Å². The highest BCUT2D eigenvalue weighted by atomic mass is 35.5. The predicted octanol–water partition coefficient (Wildman–Crippen LogP) is 3.86. The Morgan fingerprint density at radius 2 is 2.15 bits per heavy atom. The number of hydrogen-bond donors (Lipinski definition) is 1. The van der Waals surface area contributed by atoms with Crippen LogP contribution in [-0.4, -0.2) is 42.3 Å². The molecule has 2 aromatic rings. The molecule has 26 heavy (non-hydrogen) atoms. The number of aromatic hydroxyl groups is 1. The predicted molar refractivity (Wildman–Crippen MR) is 101 cm³/mol. The lowest BCUT2D eigenvalue weighted by molar-refractivity contribution is -0.142. The van der Waals surface area contributed by atoms with Crippen molar-refractivity contribution in [2.75, 3.05) is 20.3 Å². The molecule has 1 N–H and O–H groups in total. The van der Waals surface area contributed by atoms with Crippen molar-refractivity contribution < 1.29 is 19.4 Å². The topological polar surface area (TPSA) is 59.0 Å². The summed E-state index contributed by atoms with van der Waals surface area (Å²) in [5, 5.41) is 11.1. The summed E-state index contributed by atoms with van der Waals surface area (Å²) in [6.07, 6.45) is 0.133. The molecule has 0 fully saturated rings. The molecule has 0 unspecified atom stereocenters. The van der Waals surface area contributed by atoms with Crippen molar-refractivity contribution in [2.45, 2.75) is 26.0 Å². The first-order valence-corrected chi connectivity index (χ1v) is 8.97. The molecule has 0 saturated heterocycles. The van der Waals surface area contributed by atoms with E-state index in [1.807, 2.05) is 31.2 Å². The van der Waals surface area contributed by atoms with Gasteiger partial charge in [-0.15, -0.1) is 0 Å². The van der Waals surface area contributed by atoms with Gasteiger partial charge in [-0.1, -0.05) is 30.7 Å². The third-order valence-electron chi connectivity index (χ3n) is 4.52. The number of nitrogens with zero attached hydrogens (tertiary/aromatic N) is 1. The summed E-state index contributed by atoms with van der Waals surface area (Å²) in [6, 6.07) is 11.0. The van der Waals surface area contributed by atoms with Crippen LogP contribution in [0.25, 0.3) is 11.1 Å². The highest BCUT2D eigenvalue weighted by Gasteiger charge is 2.27. The van der Waals surface area contributed by atoms with Gasteiger partial charge in [0.2, 0.25) is 0 Å². The summed E-state index contributed by atoms with van der Waals surface area (Å²) in [7, 11) is 1.54. The molecule has 0 radical (unpaired) electrons. The van der Waals surface area contributed by atoms with E-state index in [1.54, 1.807) is 17.0 Å². The van der Waals surface area contributed by atoms with Crippen LogP contribution in [0.15, 0.2) is 36.4 Å². The molecule has 0 aliphatic carbocycles. The second kappa shape index (κ2) is 7.98. The van der Waals surface area contributed by atoms with Crippen molar-refractivity contribution in [1.82, 2.24) is 4.90 Å². The van der Waals surface area contributed by atoms with E-state index in [0.717, 1.165) is 16.7 Å². The number of phenols is 1. The molecule has 138 valence electrons. The molecule has 1 aliphatic heterocycles. The Bertz CT molecular complexity index is 804. The number of ether oxygens (including phenoxy) is 2. The summed E-state index contributed by atoms with van der Waals surface area (Å²) in [4.78, 5) is 14.4. The average Bonchev–Trinajstić information content (AvgIpc) is 2.85. The van der Waals surface area contributed by atoms with E-state index in [1.165, 1.54) is 7.11 Å². The number of methoxy groups -OCH3 is 1. The number of carbonyl (C=O) groups excluding carboxylic acids is 1. The normalized spacial score (nSPS) is 15.0. The Labute approximate surface area is 158 Å². The van der Waals surface area contributed by atoms with Crippen LogP contribution in [0.1, 0.15) is 18.9 Å². The number of amides is 1. The zero-order valence-electron chi connectivity index (χ0n) is 14.9. The van der Waals surface area contributed by atoms with Crippen molar-refractivity contribution in [2.24, 2.45) is 0 Å². The number of carbonyl (C=O) groups is 1. The lowest BCUT2D eigenvalue weighted by atomic mass is 10.0. The molecule has 1 atom stereocenters. The maximum Gasteiger partial charge on any atom is 0.252 e. The fraction of sp³-hybridized carbons (Fsp3) is 0.350. The molecule has 3 rings (SSSR count). The molecule has 6 heteroatoms. The summed E-state index contributed by atoms with van der Waals surface area (Å²) >= 11 is 6.08. The number of rotatable bonds is 4. The van der Waals surface area contributed by atoms with Gasteiger partial charge in [-0.05, 0) is 41.8 Å². The Kier molecular flexibility index (Phi) is 5.69. The molecule has 2 aromatic carbocycles. The Hall–Kier alpha value is -2.24. The lowest BCUT2D eigenvalue weighted by Gasteiger charge is -2.24. The Morgan fingerprint density at radius 1 is 1.35 bits per heavy atom. The summed E-state index contributed by atoms with van der Waals surface area (Å²) in [6.45, 7) is 3.04. The first kappa shape index (κ1) is 18.5. The van der Waals surface area contributed by atoms with E-state index >= 15 is 0 Å². The van der Waals surface area contributed by atoms with Crippen LogP contribution in [-0.2, 0) is 16.1 Å². The molecule has 1 aliphatic rings. The Morgan fingerprint density at radius 3 is 2.85 bits per heavy atom. The van der Waals surface area contributed by atoms with E-state index in [0.29, 0.717) is 36.9 Å². The second-order valence-electron chi connectivity index (χ2n) is 6.23. The first-order valence-electron chi connectivity index (χ1n) is 8.59. The minimum Gasteiger partial charge on any atom is -0.504 e. The van der Waals surface area contributed by atoms with Crippen molar-refractivity contribution in [3.63, 3.8) is 0 Å². The molecule has 1 amide bonds. The van der Waals surface area contributed by atoms with Gasteiger partial charge in [0.1, 0.15) is 12.7 Å². The van der Waals surface area contributed by atoms with Crippen LogP contribution < -0.4 is 4.74 Å². The second-order valence-corrected chi connectivity index (χ2v) is 6.67. The standard InChI is InChI=1S/C20H22ClNO4/c1-3-18(25-2)20(24)22-7-8-26-19-15(12-22)9-14(11-17(19)23)13-5-4-6-16(21)10-13/h4-6,9-11,18,23H,3,7-8,12H2,1-2H3/t18-/m0/s1. The zero-order valence-corrected chi connectivity index (χ0v) is 15.6. The van der Waals surface area contributed by atoms with Crippen LogP contribution in [0.4, 0.5) is 0 Å². The van der Waals surface area contributed by atoms with Crippen molar-refractivity contribution in [3.8, 4) is 22.6 Å². The van der Waals surface area contributed by atoms with Gasteiger partial charge in [0, 0.05) is 24.2 Å². The van der Waals surface area contributed by atoms with Crippen LogP contribution in [0.3, 0.4) is 0 Å². The molecule has 5 nitrogen and oxygen atoms in total. The smallest absolute Gasteiger partial charge is 0.252 e. The molecule has 0 spiro atoms. The maximum absolute atomic E-state index is 12.7. The maximum atomic E-state index is 12.7. The number of hydrogen-bond acceptors (Lipinski definition) is 4. The van der Waals surface area contributed by atoms with Crippen LogP contribution in [0, 0.1) is 0 Å². The molecular weight excluding hydrogens is 354 g/mol. The Balaban J connectivity index is 1.96. The summed E-state index contributed by atoms with van der Waals surface area (Å²) < 4.78 is 11.0. The molecule has 1 heterocycles. The highest BCUT2D eigenvalue weighted by molar-refractivity contribution is 6.30. The number of halogens is 1. The minimum absolute atomic E-state index is 0.0607. The van der Waals surface area contributed by atoms with Crippen LogP contribution in [0.5, 0.6) is 11.5 Å². The highest BCUT2D eigenvalue weighted by Crippen LogP contribution is 2.38. The fourth-order valence-corrected chi connectivity index (χ4v) is 3.36. The quantitative estimate of drug-likeness (QED) is 0.881. The molecule has 0 bridgehead atoms. The van der Waals surface area contributed by atoms with Gasteiger partial charge in [-0.3, -0.25) is 4.79 Å². The van der Waals surface area contributed by atoms with E-state index in [4.69, 9.17) is 21.1 Å². The minimum atomic E-state index is -0.471. The lowest BCUT2D eigenvalue weighted by Crippen LogP contribution is -2.40. The van der Waals surface area contributed by atoms with Crippen molar-refractivity contribution >= 4 is 17.5 Å². The van der Waals surface area contributed by atoms with E-state index < -0.39 is 6.10 Å². The van der Waals surface area contributed by atoms with Gasteiger partial charge in [0.15, 0.2) is 11.5 Å². The van der Waals surface area contributed by atoms with Gasteiger partial charge in [-0.25, -0.2) is 0 Å². The zero-order chi connectivity index (χ0) is 18.7. The average molecular weight is 376 g/mol. The van der Waals surface area contributed by atoms with Crippen molar-refractivity contribution in [1.29, 1.82) is 0 Å². The molecular formula is C20H22ClNO4. The van der Waals surface area contributed by atoms with Gasteiger partial charge in [-0.2, -0.15) is 0 Å².